The van der Waals surface area contributed by atoms with E-state index in [0.717, 1.165) is 5.56 Å². The highest BCUT2D eigenvalue weighted by Gasteiger charge is 2.36. The maximum Gasteiger partial charge on any atom is 0.165 e. The fraction of sp³-hybridized carbons (Fsp3) is 0.538. The molecule has 6 heteroatoms. The number of ether oxygens (including phenoxy) is 2. The molecule has 19 heavy (non-hydrogen) atoms. The molecule has 0 radical (unpaired) electrons. The highest BCUT2D eigenvalue weighted by atomic mass is 16.5. The van der Waals surface area contributed by atoms with Crippen molar-refractivity contribution in [1.29, 1.82) is 0 Å². The zero-order valence-electron chi connectivity index (χ0n) is 10.7. The standard InChI is InChI=1S/C13H17N3O3/c1-9-7-11(12(17)13(19-9)15-16-14)18-8-10-5-3-2-4-6-10/h2-6,9,11-13,17H,7-8H2,1H3/t9-,11+,12-,13+/m1/s1. The third-order valence-corrected chi connectivity index (χ3v) is 3.08. The van der Waals surface area contributed by atoms with E-state index in [-0.39, 0.29) is 12.2 Å². The number of nitrogens with zero attached hydrogens (tertiary/aromatic N) is 3. The molecule has 1 N–H and O–H groups in total. The minimum absolute atomic E-state index is 0.111. The number of azide groups is 1. The predicted molar refractivity (Wildman–Crippen MR) is 69.1 cm³/mol. The minimum Gasteiger partial charge on any atom is -0.388 e. The molecule has 2 rings (SSSR count). The molecule has 1 aromatic carbocycles. The Balaban J connectivity index is 1.96. The molecule has 1 aromatic rings. The van der Waals surface area contributed by atoms with Gasteiger partial charge in [0, 0.05) is 11.3 Å². The van der Waals surface area contributed by atoms with Crippen LogP contribution >= 0.6 is 0 Å². The van der Waals surface area contributed by atoms with Crippen LogP contribution in [-0.2, 0) is 16.1 Å². The van der Waals surface area contributed by atoms with Gasteiger partial charge in [-0.05, 0) is 18.0 Å². The normalized spacial score (nSPS) is 30.6. The molecular formula is C13H17N3O3. The molecule has 6 nitrogen and oxygen atoms in total. The molecule has 102 valence electrons. The second-order valence-corrected chi connectivity index (χ2v) is 4.60. The third-order valence-electron chi connectivity index (χ3n) is 3.08. The summed E-state index contributed by atoms with van der Waals surface area (Å²) in [7, 11) is 0. The largest absolute Gasteiger partial charge is 0.388 e. The summed E-state index contributed by atoms with van der Waals surface area (Å²) in [6.45, 7) is 2.28. The lowest BCUT2D eigenvalue weighted by atomic mass is 10.0. The molecule has 0 unspecified atom stereocenters. The lowest BCUT2D eigenvalue weighted by Gasteiger charge is -2.36. The van der Waals surface area contributed by atoms with Gasteiger partial charge in [-0.2, -0.15) is 0 Å². The molecule has 0 bridgehead atoms. The second kappa shape index (κ2) is 6.54. The molecule has 1 aliphatic heterocycles. The van der Waals surface area contributed by atoms with Crippen LogP contribution in [0.15, 0.2) is 35.4 Å². The number of hydrogen-bond acceptors (Lipinski definition) is 4. The Kier molecular flexibility index (Phi) is 4.76. The number of benzene rings is 1. The quantitative estimate of drug-likeness (QED) is 0.514. The van der Waals surface area contributed by atoms with Crippen LogP contribution in [0.3, 0.4) is 0 Å². The first-order valence-electron chi connectivity index (χ1n) is 6.24. The lowest BCUT2D eigenvalue weighted by molar-refractivity contribution is -0.180. The number of aliphatic hydroxyl groups excluding tert-OH is 1. The van der Waals surface area contributed by atoms with Crippen LogP contribution in [0.2, 0.25) is 0 Å². The van der Waals surface area contributed by atoms with Crippen LogP contribution in [0, 0.1) is 0 Å². The van der Waals surface area contributed by atoms with Crippen LogP contribution in [0.1, 0.15) is 18.9 Å². The summed E-state index contributed by atoms with van der Waals surface area (Å²) in [6.07, 6.45) is -1.74. The summed E-state index contributed by atoms with van der Waals surface area (Å²) in [6, 6.07) is 9.72. The highest BCUT2D eigenvalue weighted by Crippen LogP contribution is 2.24. The first-order chi connectivity index (χ1) is 9.20. The van der Waals surface area contributed by atoms with Crippen molar-refractivity contribution >= 4 is 0 Å². The van der Waals surface area contributed by atoms with Gasteiger partial charge in [-0.15, -0.1) is 0 Å². The molecule has 0 saturated carbocycles. The molecule has 0 aliphatic carbocycles. The Morgan fingerprint density at radius 1 is 1.47 bits per heavy atom. The van der Waals surface area contributed by atoms with E-state index < -0.39 is 12.3 Å². The average molecular weight is 263 g/mol. The van der Waals surface area contributed by atoms with Gasteiger partial charge < -0.3 is 14.6 Å². The van der Waals surface area contributed by atoms with E-state index in [1.54, 1.807) is 0 Å². The van der Waals surface area contributed by atoms with Crippen molar-refractivity contribution in [3.05, 3.63) is 46.3 Å². The van der Waals surface area contributed by atoms with Crippen molar-refractivity contribution in [3.63, 3.8) is 0 Å². The average Bonchev–Trinajstić information content (AvgIpc) is 2.42. The Morgan fingerprint density at radius 2 is 2.21 bits per heavy atom. The Bertz CT molecular complexity index is 448. The summed E-state index contributed by atoms with van der Waals surface area (Å²) < 4.78 is 11.1. The van der Waals surface area contributed by atoms with Crippen molar-refractivity contribution in [2.45, 2.75) is 44.5 Å². The SMILES string of the molecule is C[C@@H]1C[C@H](OCc2ccccc2)[C@@H](O)[C@@H](N=[N+]=[N-])O1. The topological polar surface area (TPSA) is 87.5 Å². The molecule has 1 saturated heterocycles. The fourth-order valence-corrected chi connectivity index (χ4v) is 2.11. The minimum atomic E-state index is -0.934. The Labute approximate surface area is 111 Å². The first-order valence-corrected chi connectivity index (χ1v) is 6.24. The Hall–Kier alpha value is -1.59. The molecular weight excluding hydrogens is 246 g/mol. The number of hydrogen-bond donors (Lipinski definition) is 1. The van der Waals surface area contributed by atoms with Gasteiger partial charge in [-0.25, -0.2) is 0 Å². The summed E-state index contributed by atoms with van der Waals surface area (Å²) in [4.78, 5) is 2.68. The molecule has 1 aliphatic rings. The molecule has 0 amide bonds. The molecule has 4 atom stereocenters. The van der Waals surface area contributed by atoms with Crippen molar-refractivity contribution < 1.29 is 14.6 Å². The van der Waals surface area contributed by atoms with Gasteiger partial charge in [0.2, 0.25) is 0 Å². The van der Waals surface area contributed by atoms with Crippen LogP contribution in [0.4, 0.5) is 0 Å². The van der Waals surface area contributed by atoms with Crippen LogP contribution in [-0.4, -0.2) is 29.6 Å². The van der Waals surface area contributed by atoms with Gasteiger partial charge in [0.1, 0.15) is 6.10 Å². The molecule has 0 spiro atoms. The molecule has 1 fully saturated rings. The summed E-state index contributed by atoms with van der Waals surface area (Å²) in [5.41, 5.74) is 9.48. The van der Waals surface area contributed by atoms with E-state index in [2.05, 4.69) is 10.0 Å². The van der Waals surface area contributed by atoms with Gasteiger partial charge in [0.15, 0.2) is 6.23 Å². The second-order valence-electron chi connectivity index (χ2n) is 4.60. The molecule has 1 heterocycles. The van der Waals surface area contributed by atoms with E-state index in [0.29, 0.717) is 13.0 Å². The maximum atomic E-state index is 10.0. The van der Waals surface area contributed by atoms with Crippen LogP contribution < -0.4 is 0 Å². The predicted octanol–water partition coefficient (Wildman–Crippen LogP) is 2.38. The van der Waals surface area contributed by atoms with Crippen LogP contribution in [0.25, 0.3) is 10.4 Å². The highest BCUT2D eigenvalue weighted by molar-refractivity contribution is 5.13. The maximum absolute atomic E-state index is 10.0. The van der Waals surface area contributed by atoms with E-state index in [1.165, 1.54) is 0 Å². The van der Waals surface area contributed by atoms with E-state index in [1.807, 2.05) is 37.3 Å². The van der Waals surface area contributed by atoms with E-state index >= 15 is 0 Å². The third kappa shape index (κ3) is 3.68. The van der Waals surface area contributed by atoms with Crippen molar-refractivity contribution in [3.8, 4) is 0 Å². The van der Waals surface area contributed by atoms with Gasteiger partial charge in [0.05, 0.1) is 18.8 Å². The van der Waals surface area contributed by atoms with E-state index in [4.69, 9.17) is 15.0 Å². The van der Waals surface area contributed by atoms with Crippen LogP contribution in [0.5, 0.6) is 0 Å². The van der Waals surface area contributed by atoms with Crippen molar-refractivity contribution in [2.75, 3.05) is 0 Å². The van der Waals surface area contributed by atoms with Crippen molar-refractivity contribution in [2.24, 2.45) is 5.11 Å². The zero-order chi connectivity index (χ0) is 13.7. The van der Waals surface area contributed by atoms with Gasteiger partial charge >= 0.3 is 0 Å². The van der Waals surface area contributed by atoms with Gasteiger partial charge in [-0.1, -0.05) is 35.4 Å². The van der Waals surface area contributed by atoms with Gasteiger partial charge in [0.25, 0.3) is 0 Å². The van der Waals surface area contributed by atoms with Crippen molar-refractivity contribution in [1.82, 2.24) is 0 Å². The zero-order valence-corrected chi connectivity index (χ0v) is 10.7. The monoisotopic (exact) mass is 263 g/mol. The summed E-state index contributed by atoms with van der Waals surface area (Å²) in [5.74, 6) is 0. The Morgan fingerprint density at radius 3 is 2.89 bits per heavy atom. The fourth-order valence-electron chi connectivity index (χ4n) is 2.11. The van der Waals surface area contributed by atoms with E-state index in [9.17, 15) is 5.11 Å². The first kappa shape index (κ1) is 13.8. The summed E-state index contributed by atoms with van der Waals surface area (Å²) in [5, 5.41) is 13.5. The number of rotatable bonds is 4. The van der Waals surface area contributed by atoms with Gasteiger partial charge in [-0.3, -0.25) is 0 Å². The molecule has 0 aromatic heterocycles. The lowest BCUT2D eigenvalue weighted by Crippen LogP contribution is -2.47. The number of aliphatic hydroxyl groups is 1. The smallest absolute Gasteiger partial charge is 0.165 e. The summed E-state index contributed by atoms with van der Waals surface area (Å²) >= 11 is 0.